The maximum atomic E-state index is 13.0. The molecular weight excluding hydrogens is 354 g/mol. The summed E-state index contributed by atoms with van der Waals surface area (Å²) >= 11 is 0. The Hall–Kier alpha value is -2.54. The monoisotopic (exact) mass is 377 g/mol. The predicted octanol–water partition coefficient (Wildman–Crippen LogP) is 3.31. The Morgan fingerprint density at radius 1 is 1.08 bits per heavy atom. The van der Waals surface area contributed by atoms with Gasteiger partial charge in [0.05, 0.1) is 29.9 Å². The summed E-state index contributed by atoms with van der Waals surface area (Å²) in [7, 11) is -0.718. The lowest BCUT2D eigenvalue weighted by molar-refractivity contribution is 0.0526. The molecule has 7 heteroatoms. The van der Waals surface area contributed by atoms with E-state index in [1.807, 2.05) is 0 Å². The fourth-order valence-corrected chi connectivity index (χ4v) is 3.99. The normalized spacial score (nSPS) is 11.1. The summed E-state index contributed by atoms with van der Waals surface area (Å²) in [5.74, 6) is 0.194. The van der Waals surface area contributed by atoms with Crippen molar-refractivity contribution in [3.63, 3.8) is 0 Å². The lowest BCUT2D eigenvalue weighted by atomic mass is 10.1. The van der Waals surface area contributed by atoms with Gasteiger partial charge in [0.15, 0.2) is 0 Å². The molecule has 0 saturated carbocycles. The molecule has 0 N–H and O–H groups in total. The van der Waals surface area contributed by atoms with Crippen LogP contribution in [0.2, 0.25) is 0 Å². The molecule has 2 aromatic rings. The zero-order valence-corrected chi connectivity index (χ0v) is 16.4. The topological polar surface area (TPSA) is 72.9 Å². The highest BCUT2D eigenvalue weighted by Crippen LogP contribution is 2.28. The van der Waals surface area contributed by atoms with Crippen LogP contribution in [-0.4, -0.2) is 35.2 Å². The van der Waals surface area contributed by atoms with E-state index in [9.17, 15) is 13.2 Å². The van der Waals surface area contributed by atoms with Gasteiger partial charge in [-0.3, -0.25) is 4.31 Å². The first-order valence-corrected chi connectivity index (χ1v) is 9.57. The third-order valence-electron chi connectivity index (χ3n) is 4.07. The Kier molecular flexibility index (Phi) is 5.92. The third kappa shape index (κ3) is 3.83. The molecular formula is C19H23NO5S. The molecule has 0 saturated heterocycles. The van der Waals surface area contributed by atoms with Gasteiger partial charge in [-0.05, 0) is 68.3 Å². The number of ether oxygens (including phenoxy) is 2. The second kappa shape index (κ2) is 7.78. The summed E-state index contributed by atoms with van der Waals surface area (Å²) in [4.78, 5) is 12.0. The molecule has 2 aromatic carbocycles. The van der Waals surface area contributed by atoms with Gasteiger partial charge < -0.3 is 9.47 Å². The van der Waals surface area contributed by atoms with Crippen LogP contribution in [0.1, 0.15) is 28.4 Å². The molecule has 26 heavy (non-hydrogen) atoms. The average molecular weight is 377 g/mol. The van der Waals surface area contributed by atoms with Crippen molar-refractivity contribution in [2.45, 2.75) is 25.7 Å². The second-order valence-corrected chi connectivity index (χ2v) is 7.79. The van der Waals surface area contributed by atoms with Gasteiger partial charge in [0.1, 0.15) is 5.75 Å². The molecule has 0 aliphatic heterocycles. The fraction of sp³-hybridized carbons (Fsp3) is 0.316. The zero-order chi connectivity index (χ0) is 19.5. The van der Waals surface area contributed by atoms with Crippen LogP contribution < -0.4 is 9.04 Å². The smallest absolute Gasteiger partial charge is 0.338 e. The summed E-state index contributed by atoms with van der Waals surface area (Å²) in [6.45, 7) is 5.56. The molecule has 0 bridgehead atoms. The van der Waals surface area contributed by atoms with Crippen LogP contribution in [0.15, 0.2) is 41.3 Å². The van der Waals surface area contributed by atoms with Crippen LogP contribution in [-0.2, 0) is 14.8 Å². The minimum Gasteiger partial charge on any atom is -0.496 e. The largest absolute Gasteiger partial charge is 0.496 e. The van der Waals surface area contributed by atoms with E-state index in [0.717, 1.165) is 5.56 Å². The van der Waals surface area contributed by atoms with Crippen molar-refractivity contribution in [3.8, 4) is 5.75 Å². The van der Waals surface area contributed by atoms with Crippen molar-refractivity contribution in [2.24, 2.45) is 0 Å². The molecule has 0 aliphatic carbocycles. The van der Waals surface area contributed by atoms with Crippen LogP contribution in [0.4, 0.5) is 5.69 Å². The molecule has 0 fully saturated rings. The van der Waals surface area contributed by atoms with Crippen molar-refractivity contribution in [2.75, 3.05) is 25.1 Å². The van der Waals surface area contributed by atoms with Crippen LogP contribution >= 0.6 is 0 Å². The summed E-state index contributed by atoms with van der Waals surface area (Å²) in [6.07, 6.45) is 0. The Balaban J connectivity index is 2.39. The molecule has 0 unspecified atom stereocenters. The molecule has 0 radical (unpaired) electrons. The van der Waals surface area contributed by atoms with Gasteiger partial charge in [-0.15, -0.1) is 0 Å². The van der Waals surface area contributed by atoms with Crippen LogP contribution in [0.3, 0.4) is 0 Å². The zero-order valence-electron chi connectivity index (χ0n) is 15.6. The fourth-order valence-electron chi connectivity index (χ4n) is 2.65. The van der Waals surface area contributed by atoms with Crippen LogP contribution in [0.25, 0.3) is 0 Å². The van der Waals surface area contributed by atoms with Crippen molar-refractivity contribution in [1.82, 2.24) is 0 Å². The van der Waals surface area contributed by atoms with Gasteiger partial charge in [0.25, 0.3) is 10.0 Å². The lowest BCUT2D eigenvalue weighted by Crippen LogP contribution is -2.27. The number of rotatable bonds is 6. The first-order valence-electron chi connectivity index (χ1n) is 8.13. The van der Waals surface area contributed by atoms with Crippen LogP contribution in [0.5, 0.6) is 5.75 Å². The van der Waals surface area contributed by atoms with Crippen molar-refractivity contribution in [1.29, 1.82) is 0 Å². The minimum atomic E-state index is -3.74. The van der Waals surface area contributed by atoms with Crippen molar-refractivity contribution in [3.05, 3.63) is 53.1 Å². The van der Waals surface area contributed by atoms with Gasteiger partial charge in [0.2, 0.25) is 0 Å². The van der Waals surface area contributed by atoms with Gasteiger partial charge in [-0.25, -0.2) is 13.2 Å². The number of carbonyl (C=O) groups excluding carboxylic acids is 1. The van der Waals surface area contributed by atoms with E-state index >= 15 is 0 Å². The SMILES string of the molecule is CCOC(=O)c1ccc(N(C)S(=O)(=O)c2ccc(OC)c(C)c2)c(C)c1. The Bertz CT molecular complexity index is 922. The number of aryl methyl sites for hydroxylation is 2. The Morgan fingerprint density at radius 2 is 1.77 bits per heavy atom. The highest BCUT2D eigenvalue weighted by molar-refractivity contribution is 7.92. The van der Waals surface area contributed by atoms with Gasteiger partial charge >= 0.3 is 5.97 Å². The molecule has 140 valence electrons. The number of sulfonamides is 1. The van der Waals surface area contributed by atoms with Gasteiger partial charge in [-0.2, -0.15) is 0 Å². The highest BCUT2D eigenvalue weighted by atomic mass is 32.2. The van der Waals surface area contributed by atoms with Crippen LogP contribution in [0, 0.1) is 13.8 Å². The summed E-state index contributed by atoms with van der Waals surface area (Å²) in [6, 6.07) is 9.51. The molecule has 0 aromatic heterocycles. The summed E-state index contributed by atoms with van der Waals surface area (Å²) in [5, 5.41) is 0. The number of benzene rings is 2. The van der Waals surface area contributed by atoms with E-state index in [2.05, 4.69) is 0 Å². The first-order chi connectivity index (χ1) is 12.2. The summed E-state index contributed by atoms with van der Waals surface area (Å²) in [5.41, 5.74) is 2.27. The van der Waals surface area contributed by atoms with E-state index in [-0.39, 0.29) is 11.5 Å². The van der Waals surface area contributed by atoms with E-state index < -0.39 is 16.0 Å². The molecule has 0 atom stereocenters. The number of methoxy groups -OCH3 is 1. The molecule has 0 spiro atoms. The van der Waals surface area contributed by atoms with E-state index in [0.29, 0.717) is 22.6 Å². The van der Waals surface area contributed by atoms with Gasteiger partial charge in [-0.1, -0.05) is 0 Å². The van der Waals surface area contributed by atoms with E-state index in [1.165, 1.54) is 24.5 Å². The number of anilines is 1. The second-order valence-electron chi connectivity index (χ2n) is 5.83. The van der Waals surface area contributed by atoms with E-state index in [1.54, 1.807) is 51.1 Å². The standard InChI is InChI=1S/C19H23NO5S/c1-6-25-19(21)15-7-9-17(13(2)11-15)20(4)26(22,23)16-8-10-18(24-5)14(3)12-16/h7-12H,6H2,1-5H3. The lowest BCUT2D eigenvalue weighted by Gasteiger charge is -2.22. The Morgan fingerprint density at radius 3 is 2.31 bits per heavy atom. The number of hydrogen-bond acceptors (Lipinski definition) is 5. The molecule has 0 amide bonds. The molecule has 0 heterocycles. The summed E-state index contributed by atoms with van der Waals surface area (Å²) < 4.78 is 37.3. The average Bonchev–Trinajstić information content (AvgIpc) is 2.61. The number of carbonyl (C=O) groups is 1. The van der Waals surface area contributed by atoms with Crippen molar-refractivity contribution >= 4 is 21.7 Å². The predicted molar refractivity (Wildman–Crippen MR) is 100 cm³/mol. The van der Waals surface area contributed by atoms with Gasteiger partial charge in [0, 0.05) is 7.05 Å². The maximum absolute atomic E-state index is 13.0. The van der Waals surface area contributed by atoms with Crippen molar-refractivity contribution < 1.29 is 22.7 Å². The molecule has 2 rings (SSSR count). The third-order valence-corrected chi connectivity index (χ3v) is 5.84. The maximum Gasteiger partial charge on any atom is 0.338 e. The van der Waals surface area contributed by atoms with E-state index in [4.69, 9.17) is 9.47 Å². The number of esters is 1. The quantitative estimate of drug-likeness (QED) is 0.722. The first kappa shape index (κ1) is 19.8. The minimum absolute atomic E-state index is 0.173. The number of nitrogens with zero attached hydrogens (tertiary/aromatic N) is 1. The number of hydrogen-bond donors (Lipinski definition) is 0. The Labute approximate surface area is 154 Å². The molecule has 6 nitrogen and oxygen atoms in total. The highest BCUT2D eigenvalue weighted by Gasteiger charge is 2.24. The molecule has 0 aliphatic rings.